The van der Waals surface area contributed by atoms with Crippen LogP contribution in [0.15, 0.2) is 48.6 Å². The molecule has 174 valence electrons. The van der Waals surface area contributed by atoms with E-state index in [2.05, 4.69) is 0 Å². The molecule has 33 heavy (non-hydrogen) atoms. The molecule has 0 saturated heterocycles. The van der Waals surface area contributed by atoms with Gasteiger partial charge in [-0.05, 0) is 47.5 Å². The van der Waals surface area contributed by atoms with Gasteiger partial charge >= 0.3 is 17.9 Å². The average Bonchev–Trinajstić information content (AvgIpc) is 2.76. The summed E-state index contributed by atoms with van der Waals surface area (Å²) in [6, 6.07) is 7.93. The van der Waals surface area contributed by atoms with Gasteiger partial charge in [-0.1, -0.05) is 12.1 Å². The SMILES string of the molecule is CC(=O)OC(COC(=O)C=Cc1ccc(O)c(O)c1)COC(=O)C=Cc1ccc(O)c(O)c1. The molecule has 2 aromatic rings. The molecule has 0 amide bonds. The molecule has 0 aliphatic carbocycles. The number of carbonyl (C=O) groups excluding carboxylic acids is 3. The van der Waals surface area contributed by atoms with Gasteiger partial charge in [0.05, 0.1) is 0 Å². The van der Waals surface area contributed by atoms with Crippen LogP contribution < -0.4 is 0 Å². The topological polar surface area (TPSA) is 160 Å². The molecule has 0 aliphatic heterocycles. The normalized spacial score (nSPS) is 11.9. The Kier molecular flexibility index (Phi) is 8.86. The number of ether oxygens (including phenoxy) is 3. The molecule has 0 spiro atoms. The van der Waals surface area contributed by atoms with Crippen LogP contribution in [0.25, 0.3) is 12.2 Å². The summed E-state index contributed by atoms with van der Waals surface area (Å²) in [6.07, 6.45) is 3.77. The zero-order valence-corrected chi connectivity index (χ0v) is 17.5. The van der Waals surface area contributed by atoms with E-state index in [-0.39, 0.29) is 36.2 Å². The fraction of sp³-hybridized carbons (Fsp3) is 0.174. The summed E-state index contributed by atoms with van der Waals surface area (Å²) in [5, 5.41) is 37.4. The van der Waals surface area contributed by atoms with Gasteiger partial charge in [-0.2, -0.15) is 0 Å². The maximum atomic E-state index is 11.9. The van der Waals surface area contributed by atoms with Crippen LogP contribution in [0.3, 0.4) is 0 Å². The number of benzene rings is 2. The minimum absolute atomic E-state index is 0.301. The Morgan fingerprint density at radius 2 is 1.18 bits per heavy atom. The van der Waals surface area contributed by atoms with Gasteiger partial charge in [-0.3, -0.25) is 4.79 Å². The van der Waals surface area contributed by atoms with E-state index in [1.165, 1.54) is 48.6 Å². The Balaban J connectivity index is 1.86. The maximum Gasteiger partial charge on any atom is 0.330 e. The largest absolute Gasteiger partial charge is 0.504 e. The molecular formula is C23H22O10. The number of hydrogen-bond acceptors (Lipinski definition) is 10. The van der Waals surface area contributed by atoms with Crippen LogP contribution in [-0.2, 0) is 28.6 Å². The number of phenolic OH excluding ortho intramolecular Hbond substituents is 4. The molecule has 2 rings (SSSR count). The lowest BCUT2D eigenvalue weighted by Crippen LogP contribution is -2.29. The van der Waals surface area contributed by atoms with E-state index in [1.807, 2.05) is 0 Å². The first-order valence-electron chi connectivity index (χ1n) is 9.55. The highest BCUT2D eigenvalue weighted by molar-refractivity contribution is 5.88. The Hall–Kier alpha value is -4.47. The van der Waals surface area contributed by atoms with E-state index in [9.17, 15) is 34.8 Å². The molecule has 10 heteroatoms. The van der Waals surface area contributed by atoms with Crippen molar-refractivity contribution in [1.29, 1.82) is 0 Å². The van der Waals surface area contributed by atoms with Gasteiger partial charge in [-0.15, -0.1) is 0 Å². The lowest BCUT2D eigenvalue weighted by Gasteiger charge is -2.16. The Bertz CT molecular complexity index is 993. The van der Waals surface area contributed by atoms with Gasteiger partial charge in [0.2, 0.25) is 0 Å². The zero-order valence-electron chi connectivity index (χ0n) is 17.5. The van der Waals surface area contributed by atoms with E-state index in [4.69, 9.17) is 14.2 Å². The van der Waals surface area contributed by atoms with Crippen molar-refractivity contribution in [1.82, 2.24) is 0 Å². The molecule has 0 radical (unpaired) electrons. The van der Waals surface area contributed by atoms with Gasteiger partial charge in [0.25, 0.3) is 0 Å². The van der Waals surface area contributed by atoms with Crippen molar-refractivity contribution in [3.63, 3.8) is 0 Å². The quantitative estimate of drug-likeness (QED) is 0.190. The summed E-state index contributed by atoms with van der Waals surface area (Å²) in [5.74, 6) is -3.53. The molecule has 0 atom stereocenters. The molecule has 0 fully saturated rings. The van der Waals surface area contributed by atoms with Crippen molar-refractivity contribution in [2.75, 3.05) is 13.2 Å². The summed E-state index contributed by atoms with van der Waals surface area (Å²) >= 11 is 0. The summed E-state index contributed by atoms with van der Waals surface area (Å²) in [6.45, 7) is 0.379. The molecule has 0 unspecified atom stereocenters. The Morgan fingerprint density at radius 1 is 0.758 bits per heavy atom. The van der Waals surface area contributed by atoms with E-state index < -0.39 is 24.0 Å². The number of aromatic hydroxyl groups is 4. The summed E-state index contributed by atoms with van der Waals surface area (Å²) in [7, 11) is 0. The minimum atomic E-state index is -1.05. The number of rotatable bonds is 9. The molecule has 2 aromatic carbocycles. The molecule has 4 N–H and O–H groups in total. The predicted molar refractivity (Wildman–Crippen MR) is 115 cm³/mol. The third-order valence-electron chi connectivity index (χ3n) is 3.98. The number of hydrogen-bond donors (Lipinski definition) is 4. The van der Waals surface area contributed by atoms with Crippen molar-refractivity contribution in [2.45, 2.75) is 13.0 Å². The summed E-state index contributed by atoms with van der Waals surface area (Å²) in [5.41, 5.74) is 0.864. The van der Waals surface area contributed by atoms with Crippen LogP contribution in [0.1, 0.15) is 18.1 Å². The van der Waals surface area contributed by atoms with E-state index in [0.717, 1.165) is 19.1 Å². The Labute approximate surface area is 188 Å². The number of phenols is 4. The van der Waals surface area contributed by atoms with E-state index >= 15 is 0 Å². The highest BCUT2D eigenvalue weighted by Gasteiger charge is 2.16. The van der Waals surface area contributed by atoms with Crippen molar-refractivity contribution >= 4 is 30.1 Å². The van der Waals surface area contributed by atoms with Gasteiger partial charge in [-0.25, -0.2) is 9.59 Å². The van der Waals surface area contributed by atoms with Gasteiger partial charge in [0.1, 0.15) is 13.2 Å². The predicted octanol–water partition coefficient (Wildman–Crippen LogP) is 2.25. The van der Waals surface area contributed by atoms with Crippen LogP contribution in [0.2, 0.25) is 0 Å². The summed E-state index contributed by atoms with van der Waals surface area (Å²) < 4.78 is 15.0. The van der Waals surface area contributed by atoms with Crippen molar-refractivity contribution in [3.8, 4) is 23.0 Å². The van der Waals surface area contributed by atoms with Gasteiger partial charge in [0.15, 0.2) is 29.1 Å². The highest BCUT2D eigenvalue weighted by Crippen LogP contribution is 2.26. The van der Waals surface area contributed by atoms with Crippen molar-refractivity contribution < 1.29 is 49.0 Å². The second kappa shape index (κ2) is 11.8. The zero-order chi connectivity index (χ0) is 24.4. The molecule has 0 heterocycles. The Morgan fingerprint density at radius 3 is 1.55 bits per heavy atom. The van der Waals surface area contributed by atoms with Crippen LogP contribution in [0.4, 0.5) is 0 Å². The number of carbonyl (C=O) groups is 3. The second-order valence-electron chi connectivity index (χ2n) is 6.65. The fourth-order valence-corrected chi connectivity index (χ4v) is 2.41. The van der Waals surface area contributed by atoms with Crippen molar-refractivity contribution in [3.05, 3.63) is 59.7 Å². The molecular weight excluding hydrogens is 436 g/mol. The average molecular weight is 458 g/mol. The molecule has 0 aromatic heterocycles. The molecule has 0 bridgehead atoms. The highest BCUT2D eigenvalue weighted by atomic mass is 16.6. The van der Waals surface area contributed by atoms with Gasteiger partial charge in [0, 0.05) is 19.1 Å². The molecule has 0 saturated carbocycles. The van der Waals surface area contributed by atoms with Crippen LogP contribution in [-0.4, -0.2) is 57.7 Å². The first kappa shape index (κ1) is 24.8. The van der Waals surface area contributed by atoms with E-state index in [1.54, 1.807) is 0 Å². The van der Waals surface area contributed by atoms with Gasteiger partial charge < -0.3 is 34.6 Å². The minimum Gasteiger partial charge on any atom is -0.504 e. The second-order valence-corrected chi connectivity index (χ2v) is 6.65. The van der Waals surface area contributed by atoms with Crippen LogP contribution >= 0.6 is 0 Å². The van der Waals surface area contributed by atoms with E-state index in [0.29, 0.717) is 11.1 Å². The lowest BCUT2D eigenvalue weighted by atomic mass is 10.2. The third-order valence-corrected chi connectivity index (χ3v) is 3.98. The number of esters is 3. The fourth-order valence-electron chi connectivity index (χ4n) is 2.41. The van der Waals surface area contributed by atoms with Crippen molar-refractivity contribution in [2.24, 2.45) is 0 Å². The van der Waals surface area contributed by atoms with Crippen LogP contribution in [0.5, 0.6) is 23.0 Å². The standard InChI is InChI=1S/C23H22O10/c1-14(24)33-17(12-31-22(29)8-4-15-2-6-18(25)20(27)10-15)13-32-23(30)9-5-16-3-7-19(26)21(28)11-16/h2-11,17,25-28H,12-13H2,1H3. The monoisotopic (exact) mass is 458 g/mol. The molecule has 0 aliphatic rings. The lowest BCUT2D eigenvalue weighted by molar-refractivity contribution is -0.162. The molecule has 10 nitrogen and oxygen atoms in total. The first-order valence-corrected chi connectivity index (χ1v) is 9.55. The smallest absolute Gasteiger partial charge is 0.330 e. The summed E-state index contributed by atoms with van der Waals surface area (Å²) in [4.78, 5) is 35.0. The third kappa shape index (κ3) is 8.66. The maximum absolute atomic E-state index is 11.9. The van der Waals surface area contributed by atoms with Crippen LogP contribution in [0, 0.1) is 0 Å². The first-order chi connectivity index (χ1) is 15.6.